The molecule has 4 rings (SSSR count). The summed E-state index contributed by atoms with van der Waals surface area (Å²) in [5, 5.41) is 0.382. The number of methoxy groups -OCH3 is 1. The summed E-state index contributed by atoms with van der Waals surface area (Å²) >= 11 is 10.9. The van der Waals surface area contributed by atoms with Crippen molar-refractivity contribution in [3.05, 3.63) is 82.4 Å². The van der Waals surface area contributed by atoms with E-state index in [9.17, 15) is 14.4 Å². The fraction of sp³-hybridized carbons (Fsp3) is 0.310. The maximum atomic E-state index is 14.0. The molecule has 3 aromatic rings. The first-order chi connectivity index (χ1) is 20.2. The molecule has 1 aromatic heterocycles. The average Bonchev–Trinajstić information content (AvgIpc) is 3.27. The molecule has 2 heterocycles. The second-order valence-corrected chi connectivity index (χ2v) is 10.9. The number of rotatable bonds is 11. The lowest BCUT2D eigenvalue weighted by Crippen LogP contribution is -2.39. The van der Waals surface area contributed by atoms with Gasteiger partial charge in [0, 0.05) is 16.8 Å². The summed E-state index contributed by atoms with van der Waals surface area (Å²) in [7, 11) is 1.27. The van der Waals surface area contributed by atoms with Crippen LogP contribution < -0.4 is 29.1 Å². The smallest absolute Gasteiger partial charge is 0.344 e. The van der Waals surface area contributed by atoms with Gasteiger partial charge in [-0.15, -0.1) is 0 Å². The Morgan fingerprint density at radius 2 is 1.81 bits per heavy atom. The minimum Gasteiger partial charge on any atom is -0.490 e. The molecule has 0 aliphatic carbocycles. The Morgan fingerprint density at radius 1 is 1.07 bits per heavy atom. The molecule has 1 atom stereocenters. The lowest BCUT2D eigenvalue weighted by molar-refractivity contribution is -0.145. The predicted octanol–water partition coefficient (Wildman–Crippen LogP) is 4.17. The third-order valence-corrected chi connectivity index (χ3v) is 7.78. The quantitative estimate of drug-likeness (QED) is 0.278. The van der Waals surface area contributed by atoms with Gasteiger partial charge in [-0.1, -0.05) is 29.0 Å². The number of fused-ring (bicyclic) bond motifs is 1. The van der Waals surface area contributed by atoms with Crippen LogP contribution in [-0.4, -0.2) is 50.0 Å². The predicted molar refractivity (Wildman–Crippen MR) is 161 cm³/mol. The fourth-order valence-corrected chi connectivity index (χ4v) is 6.21. The molecule has 0 unspecified atom stereocenters. The van der Waals surface area contributed by atoms with Crippen LogP contribution in [-0.2, 0) is 19.1 Å². The number of ether oxygens (including phenoxy) is 5. The van der Waals surface area contributed by atoms with Gasteiger partial charge in [-0.2, -0.15) is 0 Å². The van der Waals surface area contributed by atoms with Crippen LogP contribution in [0.1, 0.15) is 37.9 Å². The summed E-state index contributed by atoms with van der Waals surface area (Å²) < 4.78 is 29.4. The minimum atomic E-state index is -0.851. The third-order valence-electron chi connectivity index (χ3n) is 5.97. The van der Waals surface area contributed by atoms with Gasteiger partial charge in [0.15, 0.2) is 22.9 Å². The molecule has 0 fully saturated rings. The van der Waals surface area contributed by atoms with Gasteiger partial charge in [-0.05, 0) is 72.6 Å². The van der Waals surface area contributed by atoms with Gasteiger partial charge in [0.1, 0.15) is 5.75 Å². The monoisotopic (exact) mass is 678 g/mol. The van der Waals surface area contributed by atoms with Crippen molar-refractivity contribution in [3.8, 4) is 17.2 Å². The van der Waals surface area contributed by atoms with Crippen LogP contribution >= 0.6 is 38.9 Å². The van der Waals surface area contributed by atoms with Crippen molar-refractivity contribution in [2.24, 2.45) is 4.99 Å². The molecule has 0 N–H and O–H groups in total. The Labute approximate surface area is 258 Å². The van der Waals surface area contributed by atoms with Crippen molar-refractivity contribution in [3.63, 3.8) is 0 Å². The zero-order valence-corrected chi connectivity index (χ0v) is 26.4. The number of benzene rings is 2. The van der Waals surface area contributed by atoms with Crippen LogP contribution in [0.3, 0.4) is 0 Å². The highest BCUT2D eigenvalue weighted by Crippen LogP contribution is 2.36. The number of hydrogen-bond donors (Lipinski definition) is 0. The molecule has 222 valence electrons. The van der Waals surface area contributed by atoms with E-state index in [1.807, 2.05) is 13.8 Å². The van der Waals surface area contributed by atoms with Crippen LogP contribution in [0.25, 0.3) is 6.08 Å². The van der Waals surface area contributed by atoms with Gasteiger partial charge in [-0.25, -0.2) is 14.6 Å². The van der Waals surface area contributed by atoms with E-state index >= 15 is 0 Å². The molecule has 0 radical (unpaired) electrons. The Kier molecular flexibility index (Phi) is 10.5. The summed E-state index contributed by atoms with van der Waals surface area (Å²) in [6.45, 7) is 6.13. The number of aromatic nitrogens is 1. The molecule has 13 heteroatoms. The highest BCUT2D eigenvalue weighted by molar-refractivity contribution is 9.10. The fourth-order valence-electron chi connectivity index (χ4n) is 4.30. The first-order valence-electron chi connectivity index (χ1n) is 13.0. The summed E-state index contributed by atoms with van der Waals surface area (Å²) in [5.41, 5.74) is 0.821. The number of thiazole rings is 1. The summed E-state index contributed by atoms with van der Waals surface area (Å²) in [5.74, 6) is 0.159. The standard InChI is InChI=1S/C29H28BrClN2O8S/c1-5-38-21-9-8-16(11-22(21)39-6-2)25-19(28(36)37-4)14-32-29-33(25)27(35)23(42-29)12-17-10-18(31)13-20(30)26(17)41-15-24(34)40-7-3/h8-14,25H,5-7,15H2,1-4H3/b23-12+/t25-/m1/s1. The first-order valence-corrected chi connectivity index (χ1v) is 15.0. The van der Waals surface area contributed by atoms with Crippen molar-refractivity contribution >= 4 is 56.9 Å². The van der Waals surface area contributed by atoms with E-state index in [2.05, 4.69) is 20.9 Å². The second-order valence-electron chi connectivity index (χ2n) is 8.65. The Bertz CT molecular complexity index is 1720. The Hall–Kier alpha value is -3.61. The minimum absolute atomic E-state index is 0.173. The van der Waals surface area contributed by atoms with Crippen molar-refractivity contribution < 1.29 is 33.3 Å². The number of halogens is 2. The van der Waals surface area contributed by atoms with E-state index in [1.54, 1.807) is 43.3 Å². The number of carbonyl (C=O) groups excluding carboxylic acids is 2. The number of carbonyl (C=O) groups is 2. The number of esters is 2. The molecular formula is C29H28BrClN2O8S. The molecule has 1 aliphatic rings. The molecule has 0 saturated carbocycles. The largest absolute Gasteiger partial charge is 0.490 e. The summed E-state index contributed by atoms with van der Waals surface area (Å²) in [6, 6.07) is 7.64. The van der Waals surface area contributed by atoms with Gasteiger partial charge in [0.05, 0.1) is 47.6 Å². The van der Waals surface area contributed by atoms with E-state index < -0.39 is 23.5 Å². The number of nitrogens with zero attached hydrogens (tertiary/aromatic N) is 2. The zero-order valence-electron chi connectivity index (χ0n) is 23.3. The topological polar surface area (TPSA) is 115 Å². The zero-order chi connectivity index (χ0) is 30.4. The Balaban J connectivity index is 1.87. The van der Waals surface area contributed by atoms with Crippen LogP contribution in [0.2, 0.25) is 5.02 Å². The van der Waals surface area contributed by atoms with E-state index in [4.69, 9.17) is 35.3 Å². The van der Waals surface area contributed by atoms with Crippen molar-refractivity contribution in [2.45, 2.75) is 26.8 Å². The molecule has 0 bridgehead atoms. The molecular weight excluding hydrogens is 652 g/mol. The van der Waals surface area contributed by atoms with E-state index in [-0.39, 0.29) is 18.8 Å². The van der Waals surface area contributed by atoms with Crippen LogP contribution in [0.15, 0.2) is 56.4 Å². The molecule has 2 aromatic carbocycles. The molecule has 0 amide bonds. The van der Waals surface area contributed by atoms with E-state index in [0.29, 0.717) is 60.4 Å². The molecule has 0 spiro atoms. The summed E-state index contributed by atoms with van der Waals surface area (Å²) in [6.07, 6.45) is 3.01. The van der Waals surface area contributed by atoms with E-state index in [1.165, 1.54) is 17.9 Å². The van der Waals surface area contributed by atoms with Crippen LogP contribution in [0, 0.1) is 0 Å². The van der Waals surface area contributed by atoms with Gasteiger partial charge >= 0.3 is 11.9 Å². The Morgan fingerprint density at radius 3 is 2.50 bits per heavy atom. The van der Waals surface area contributed by atoms with Gasteiger partial charge in [0.2, 0.25) is 0 Å². The second kappa shape index (κ2) is 14.0. The van der Waals surface area contributed by atoms with Gasteiger partial charge < -0.3 is 23.7 Å². The normalized spacial score (nSPS) is 14.4. The maximum Gasteiger partial charge on any atom is 0.344 e. The van der Waals surface area contributed by atoms with Crippen molar-refractivity contribution in [1.82, 2.24) is 4.57 Å². The highest BCUT2D eigenvalue weighted by Gasteiger charge is 2.31. The number of hydrogen-bond acceptors (Lipinski definition) is 10. The SMILES string of the molecule is CCOC(=O)COc1c(Br)cc(Cl)cc1/C=c1/sc2n(c1=O)[C@H](c1ccc(OCC)c(OCC)c1)C(C(=O)OC)=CN=2. The highest BCUT2D eigenvalue weighted by atomic mass is 79.9. The first kappa shape index (κ1) is 31.3. The lowest BCUT2D eigenvalue weighted by Gasteiger charge is -2.23. The van der Waals surface area contributed by atoms with Crippen molar-refractivity contribution in [2.75, 3.05) is 33.5 Å². The van der Waals surface area contributed by atoms with Crippen molar-refractivity contribution in [1.29, 1.82) is 0 Å². The molecule has 0 saturated heterocycles. The lowest BCUT2D eigenvalue weighted by atomic mass is 9.97. The van der Waals surface area contributed by atoms with E-state index in [0.717, 1.165) is 11.3 Å². The third kappa shape index (κ3) is 6.71. The van der Waals surface area contributed by atoms with Gasteiger partial charge in [-0.3, -0.25) is 9.36 Å². The summed E-state index contributed by atoms with van der Waals surface area (Å²) in [4.78, 5) is 43.5. The van der Waals surface area contributed by atoms with Crippen LogP contribution in [0.5, 0.6) is 17.2 Å². The van der Waals surface area contributed by atoms with Gasteiger partial charge in [0.25, 0.3) is 5.56 Å². The average molecular weight is 680 g/mol. The molecule has 10 nitrogen and oxygen atoms in total. The molecule has 42 heavy (non-hydrogen) atoms. The molecule has 1 aliphatic heterocycles. The van der Waals surface area contributed by atoms with Crippen LogP contribution in [0.4, 0.5) is 0 Å². The maximum absolute atomic E-state index is 14.0.